The maximum atomic E-state index is 13.1. The molecule has 0 spiro atoms. The molecular formula is C13H15ClFN3. The molecule has 0 aliphatic rings. The van der Waals surface area contributed by atoms with Gasteiger partial charge in [0.15, 0.2) is 0 Å². The Bertz CT molecular complexity index is 539. The zero-order chi connectivity index (χ0) is 13.1. The van der Waals surface area contributed by atoms with Gasteiger partial charge < -0.3 is 5.73 Å². The van der Waals surface area contributed by atoms with Gasteiger partial charge in [0, 0.05) is 18.3 Å². The highest BCUT2D eigenvalue weighted by Gasteiger charge is 2.12. The van der Waals surface area contributed by atoms with Gasteiger partial charge in [0.2, 0.25) is 0 Å². The van der Waals surface area contributed by atoms with Crippen LogP contribution < -0.4 is 5.73 Å². The zero-order valence-electron chi connectivity index (χ0n) is 10.1. The van der Waals surface area contributed by atoms with E-state index in [1.165, 1.54) is 6.07 Å². The Labute approximate surface area is 110 Å². The number of aromatic nitrogens is 2. The monoisotopic (exact) mass is 267 g/mol. The summed E-state index contributed by atoms with van der Waals surface area (Å²) >= 11 is 5.75. The standard InChI is InChI=1S/C13H15ClFN3/c1-2-5-18-8-10(7-17-18)13(16)9-3-4-12(15)11(14)6-9/h3-4,6-8,13H,2,5,16H2,1H3. The third-order valence-corrected chi connectivity index (χ3v) is 3.06. The Morgan fingerprint density at radius 1 is 1.44 bits per heavy atom. The highest BCUT2D eigenvalue weighted by atomic mass is 35.5. The van der Waals surface area contributed by atoms with Gasteiger partial charge in [0.25, 0.3) is 0 Å². The van der Waals surface area contributed by atoms with Gasteiger partial charge in [-0.3, -0.25) is 4.68 Å². The van der Waals surface area contributed by atoms with Crippen LogP contribution in [0.4, 0.5) is 4.39 Å². The van der Waals surface area contributed by atoms with E-state index in [-0.39, 0.29) is 11.1 Å². The van der Waals surface area contributed by atoms with Gasteiger partial charge in [-0.15, -0.1) is 0 Å². The van der Waals surface area contributed by atoms with Crippen LogP contribution in [0.15, 0.2) is 30.6 Å². The predicted molar refractivity (Wildman–Crippen MR) is 70.0 cm³/mol. The molecule has 0 aliphatic heterocycles. The molecule has 1 heterocycles. The Morgan fingerprint density at radius 3 is 2.89 bits per heavy atom. The molecule has 0 radical (unpaired) electrons. The molecule has 0 saturated heterocycles. The van der Waals surface area contributed by atoms with E-state index in [0.29, 0.717) is 0 Å². The quantitative estimate of drug-likeness (QED) is 0.925. The van der Waals surface area contributed by atoms with E-state index in [4.69, 9.17) is 17.3 Å². The minimum atomic E-state index is -0.436. The first kappa shape index (κ1) is 13.1. The van der Waals surface area contributed by atoms with Gasteiger partial charge in [0.1, 0.15) is 5.82 Å². The lowest BCUT2D eigenvalue weighted by molar-refractivity contribution is 0.601. The van der Waals surface area contributed by atoms with Crippen molar-refractivity contribution in [3.05, 3.63) is 52.6 Å². The number of benzene rings is 1. The van der Waals surface area contributed by atoms with E-state index in [1.807, 2.05) is 10.9 Å². The molecule has 1 aromatic carbocycles. The van der Waals surface area contributed by atoms with Crippen LogP contribution in [-0.2, 0) is 6.54 Å². The molecule has 0 saturated carbocycles. The Balaban J connectivity index is 2.23. The average Bonchev–Trinajstić information content (AvgIpc) is 2.81. The number of hydrogen-bond acceptors (Lipinski definition) is 2. The first-order valence-electron chi connectivity index (χ1n) is 5.84. The first-order chi connectivity index (χ1) is 8.61. The van der Waals surface area contributed by atoms with Crippen LogP contribution in [0.1, 0.15) is 30.5 Å². The van der Waals surface area contributed by atoms with Crippen molar-refractivity contribution in [3.63, 3.8) is 0 Å². The fourth-order valence-corrected chi connectivity index (χ4v) is 1.98. The third-order valence-electron chi connectivity index (χ3n) is 2.77. The number of nitrogens with zero attached hydrogens (tertiary/aromatic N) is 2. The molecule has 0 aliphatic carbocycles. The SMILES string of the molecule is CCCn1cc(C(N)c2ccc(F)c(Cl)c2)cn1. The van der Waals surface area contributed by atoms with Crippen molar-refractivity contribution < 1.29 is 4.39 Å². The van der Waals surface area contributed by atoms with Crippen LogP contribution in [0.2, 0.25) is 5.02 Å². The maximum Gasteiger partial charge on any atom is 0.141 e. The average molecular weight is 268 g/mol. The van der Waals surface area contributed by atoms with Gasteiger partial charge in [-0.25, -0.2) is 4.39 Å². The van der Waals surface area contributed by atoms with Gasteiger partial charge in [-0.2, -0.15) is 5.10 Å². The van der Waals surface area contributed by atoms with Crippen LogP contribution in [0.5, 0.6) is 0 Å². The van der Waals surface area contributed by atoms with Crippen molar-refractivity contribution in [2.24, 2.45) is 5.73 Å². The summed E-state index contributed by atoms with van der Waals surface area (Å²) in [5.41, 5.74) is 7.78. The van der Waals surface area contributed by atoms with E-state index in [0.717, 1.165) is 24.1 Å². The summed E-state index contributed by atoms with van der Waals surface area (Å²) in [6.07, 6.45) is 4.65. The summed E-state index contributed by atoms with van der Waals surface area (Å²) in [6, 6.07) is 4.18. The van der Waals surface area contributed by atoms with E-state index in [9.17, 15) is 4.39 Å². The maximum absolute atomic E-state index is 13.1. The summed E-state index contributed by atoms with van der Waals surface area (Å²) in [6.45, 7) is 2.94. The van der Waals surface area contributed by atoms with E-state index < -0.39 is 5.82 Å². The van der Waals surface area contributed by atoms with E-state index in [1.54, 1.807) is 18.3 Å². The van der Waals surface area contributed by atoms with Crippen LogP contribution in [0.3, 0.4) is 0 Å². The van der Waals surface area contributed by atoms with Crippen molar-refractivity contribution in [2.75, 3.05) is 0 Å². The van der Waals surface area contributed by atoms with Crippen molar-refractivity contribution in [1.29, 1.82) is 0 Å². The van der Waals surface area contributed by atoms with Crippen molar-refractivity contribution in [1.82, 2.24) is 9.78 Å². The fourth-order valence-electron chi connectivity index (χ4n) is 1.79. The lowest BCUT2D eigenvalue weighted by Crippen LogP contribution is -2.11. The second-order valence-electron chi connectivity index (χ2n) is 4.19. The minimum Gasteiger partial charge on any atom is -0.320 e. The number of rotatable bonds is 4. The van der Waals surface area contributed by atoms with Crippen LogP contribution in [0.25, 0.3) is 0 Å². The molecule has 2 aromatic rings. The largest absolute Gasteiger partial charge is 0.320 e. The topological polar surface area (TPSA) is 43.8 Å². The fraction of sp³-hybridized carbons (Fsp3) is 0.308. The zero-order valence-corrected chi connectivity index (χ0v) is 10.9. The van der Waals surface area contributed by atoms with Crippen molar-refractivity contribution in [3.8, 4) is 0 Å². The molecule has 2 N–H and O–H groups in total. The molecule has 0 fully saturated rings. The predicted octanol–water partition coefficient (Wildman–Crippen LogP) is 3.13. The molecule has 1 aromatic heterocycles. The number of aryl methyl sites for hydroxylation is 1. The van der Waals surface area contributed by atoms with E-state index in [2.05, 4.69) is 12.0 Å². The Morgan fingerprint density at radius 2 is 2.22 bits per heavy atom. The summed E-state index contributed by atoms with van der Waals surface area (Å²) in [4.78, 5) is 0. The molecule has 0 amide bonds. The molecule has 0 bridgehead atoms. The minimum absolute atomic E-state index is 0.0869. The number of hydrogen-bond donors (Lipinski definition) is 1. The van der Waals surface area contributed by atoms with Gasteiger partial charge in [-0.1, -0.05) is 24.6 Å². The number of halogens is 2. The smallest absolute Gasteiger partial charge is 0.141 e. The Kier molecular flexibility index (Phi) is 3.99. The number of nitrogens with two attached hydrogens (primary N) is 1. The molecule has 18 heavy (non-hydrogen) atoms. The highest BCUT2D eigenvalue weighted by molar-refractivity contribution is 6.30. The van der Waals surface area contributed by atoms with E-state index >= 15 is 0 Å². The lowest BCUT2D eigenvalue weighted by Gasteiger charge is -2.10. The van der Waals surface area contributed by atoms with Crippen molar-refractivity contribution >= 4 is 11.6 Å². The molecular weight excluding hydrogens is 253 g/mol. The van der Waals surface area contributed by atoms with Gasteiger partial charge in [0.05, 0.1) is 17.3 Å². The molecule has 1 unspecified atom stereocenters. The molecule has 5 heteroatoms. The lowest BCUT2D eigenvalue weighted by atomic mass is 10.0. The summed E-state index contributed by atoms with van der Waals surface area (Å²) in [5, 5.41) is 4.31. The van der Waals surface area contributed by atoms with Gasteiger partial charge in [-0.05, 0) is 24.1 Å². The van der Waals surface area contributed by atoms with Gasteiger partial charge >= 0.3 is 0 Å². The summed E-state index contributed by atoms with van der Waals surface area (Å²) in [5.74, 6) is -0.436. The summed E-state index contributed by atoms with van der Waals surface area (Å²) < 4.78 is 14.9. The summed E-state index contributed by atoms with van der Waals surface area (Å²) in [7, 11) is 0. The third kappa shape index (κ3) is 2.71. The Hall–Kier alpha value is -1.39. The molecule has 96 valence electrons. The normalized spacial score (nSPS) is 12.7. The second-order valence-corrected chi connectivity index (χ2v) is 4.60. The van der Waals surface area contributed by atoms with Crippen LogP contribution in [0, 0.1) is 5.82 Å². The van der Waals surface area contributed by atoms with Crippen LogP contribution in [-0.4, -0.2) is 9.78 Å². The molecule has 2 rings (SSSR count). The van der Waals surface area contributed by atoms with Crippen molar-refractivity contribution in [2.45, 2.75) is 25.9 Å². The van der Waals surface area contributed by atoms with Crippen LogP contribution >= 0.6 is 11.6 Å². The first-order valence-corrected chi connectivity index (χ1v) is 6.22. The highest BCUT2D eigenvalue weighted by Crippen LogP contribution is 2.23. The molecule has 1 atom stereocenters. The molecule has 3 nitrogen and oxygen atoms in total. The second kappa shape index (κ2) is 5.50.